The number of rotatable bonds is 4. The Morgan fingerprint density at radius 1 is 1.37 bits per heavy atom. The quantitative estimate of drug-likeness (QED) is 0.635. The Bertz CT molecular complexity index is 522. The molecule has 0 aliphatic heterocycles. The Balaban J connectivity index is 2.26. The molecule has 0 radical (unpaired) electrons. The van der Waals surface area contributed by atoms with Crippen LogP contribution in [-0.4, -0.2) is 7.11 Å². The van der Waals surface area contributed by atoms with Crippen LogP contribution >= 0.6 is 22.6 Å². The number of hydrogen-bond acceptors (Lipinski definition) is 1. The Morgan fingerprint density at radius 2 is 2.16 bits per heavy atom. The van der Waals surface area contributed by atoms with E-state index in [0.717, 1.165) is 25.0 Å². The van der Waals surface area contributed by atoms with Crippen LogP contribution < -0.4 is 4.74 Å². The minimum absolute atomic E-state index is 0.973. The van der Waals surface area contributed by atoms with Crippen molar-refractivity contribution in [2.24, 2.45) is 0 Å². The van der Waals surface area contributed by atoms with Gasteiger partial charge in [0.2, 0.25) is 0 Å². The number of halogens is 1. The molecule has 19 heavy (non-hydrogen) atoms. The van der Waals surface area contributed by atoms with Crippen molar-refractivity contribution in [3.05, 3.63) is 44.6 Å². The van der Waals surface area contributed by atoms with E-state index in [1.54, 1.807) is 12.7 Å². The third-order valence-corrected chi connectivity index (χ3v) is 4.18. The van der Waals surface area contributed by atoms with Gasteiger partial charge in [-0.15, -0.1) is 0 Å². The average Bonchev–Trinajstić information content (AvgIpc) is 2.40. The van der Waals surface area contributed by atoms with Crippen LogP contribution in [0.5, 0.6) is 5.75 Å². The van der Waals surface area contributed by atoms with E-state index in [1.807, 2.05) is 0 Å². The zero-order valence-electron chi connectivity index (χ0n) is 11.9. The molecule has 0 fully saturated rings. The van der Waals surface area contributed by atoms with E-state index in [-0.39, 0.29) is 0 Å². The van der Waals surface area contributed by atoms with Gasteiger partial charge in [-0.2, -0.15) is 0 Å². The van der Waals surface area contributed by atoms with Gasteiger partial charge in [-0.25, -0.2) is 0 Å². The first-order valence-electron chi connectivity index (χ1n) is 6.80. The largest absolute Gasteiger partial charge is 0.497 e. The molecule has 0 unspecified atom stereocenters. The van der Waals surface area contributed by atoms with Crippen molar-refractivity contribution in [1.82, 2.24) is 0 Å². The van der Waals surface area contributed by atoms with Crippen molar-refractivity contribution in [3.8, 4) is 5.75 Å². The highest BCUT2D eigenvalue weighted by molar-refractivity contribution is 14.1. The molecule has 1 aliphatic rings. The van der Waals surface area contributed by atoms with E-state index in [9.17, 15) is 0 Å². The number of benzene rings is 1. The zero-order valence-corrected chi connectivity index (χ0v) is 14.1. The summed E-state index contributed by atoms with van der Waals surface area (Å²) in [6, 6.07) is 6.50. The lowest BCUT2D eigenvalue weighted by molar-refractivity contribution is 0.414. The first kappa shape index (κ1) is 14.6. The topological polar surface area (TPSA) is 9.23 Å². The van der Waals surface area contributed by atoms with Gasteiger partial charge in [-0.05, 0) is 94.5 Å². The minimum atomic E-state index is 0.973. The van der Waals surface area contributed by atoms with E-state index in [0.29, 0.717) is 0 Å². The minimum Gasteiger partial charge on any atom is -0.497 e. The van der Waals surface area contributed by atoms with Crippen LogP contribution in [0, 0.1) is 0 Å². The molecule has 102 valence electrons. The van der Waals surface area contributed by atoms with Crippen LogP contribution in [-0.2, 0) is 6.42 Å². The molecule has 1 nitrogen and oxygen atoms in total. The molecule has 0 bridgehead atoms. The Hall–Kier alpha value is -0.770. The van der Waals surface area contributed by atoms with Gasteiger partial charge in [-0.3, -0.25) is 0 Å². The molecule has 0 saturated carbocycles. The standard InChI is InChI=1S/C17H21IO/c1-12-7-8-14-11-15(19-3)9-10-17(14)16(12)6-4-5-13(2)18/h5,9-11H,4,6-8H2,1-3H3/b13-5+. The van der Waals surface area contributed by atoms with Crippen LogP contribution in [0.15, 0.2) is 33.4 Å². The van der Waals surface area contributed by atoms with Crippen molar-refractivity contribution >= 4 is 28.2 Å². The molecule has 0 heterocycles. The summed E-state index contributed by atoms with van der Waals surface area (Å²) in [7, 11) is 1.74. The molecule has 1 aromatic carbocycles. The van der Waals surface area contributed by atoms with Gasteiger partial charge < -0.3 is 4.74 Å². The highest BCUT2D eigenvalue weighted by Crippen LogP contribution is 2.36. The number of aryl methyl sites for hydroxylation is 1. The van der Waals surface area contributed by atoms with Crippen molar-refractivity contribution < 1.29 is 4.74 Å². The van der Waals surface area contributed by atoms with Crippen molar-refractivity contribution in [3.63, 3.8) is 0 Å². The van der Waals surface area contributed by atoms with Crippen molar-refractivity contribution in [1.29, 1.82) is 0 Å². The lowest BCUT2D eigenvalue weighted by atomic mass is 9.84. The fourth-order valence-electron chi connectivity index (χ4n) is 2.66. The second-order valence-electron chi connectivity index (χ2n) is 5.11. The summed E-state index contributed by atoms with van der Waals surface area (Å²) in [4.78, 5) is 0. The van der Waals surface area contributed by atoms with Gasteiger partial charge in [0, 0.05) is 0 Å². The third-order valence-electron chi connectivity index (χ3n) is 3.74. The molecule has 0 atom stereocenters. The molecule has 1 aromatic rings. The highest BCUT2D eigenvalue weighted by atomic mass is 127. The summed E-state index contributed by atoms with van der Waals surface area (Å²) >= 11 is 2.38. The van der Waals surface area contributed by atoms with Crippen LogP contribution in [0.4, 0.5) is 0 Å². The summed E-state index contributed by atoms with van der Waals surface area (Å²) in [6.45, 7) is 4.44. The van der Waals surface area contributed by atoms with Crippen LogP contribution in [0.25, 0.3) is 5.57 Å². The second-order valence-corrected chi connectivity index (χ2v) is 6.81. The normalized spacial score (nSPS) is 15.5. The summed E-state index contributed by atoms with van der Waals surface area (Å²) in [5.41, 5.74) is 5.97. The first-order chi connectivity index (χ1) is 9.11. The molecule has 0 saturated heterocycles. The van der Waals surface area contributed by atoms with Gasteiger partial charge in [0.05, 0.1) is 7.11 Å². The van der Waals surface area contributed by atoms with E-state index in [1.165, 1.54) is 26.7 Å². The summed E-state index contributed by atoms with van der Waals surface area (Å²) in [6.07, 6.45) is 6.92. The molecular weight excluding hydrogens is 347 g/mol. The molecule has 0 amide bonds. The Labute approximate surface area is 129 Å². The lowest BCUT2D eigenvalue weighted by Gasteiger charge is -2.22. The van der Waals surface area contributed by atoms with Gasteiger partial charge in [-0.1, -0.05) is 17.7 Å². The predicted octanol–water partition coefficient (Wildman–Crippen LogP) is 5.53. The molecular formula is C17H21IO. The van der Waals surface area contributed by atoms with Crippen LogP contribution in [0.1, 0.15) is 44.2 Å². The van der Waals surface area contributed by atoms with Crippen molar-refractivity contribution in [2.45, 2.75) is 39.5 Å². The summed E-state index contributed by atoms with van der Waals surface area (Å²) in [5.74, 6) is 0.973. The fraction of sp³-hybridized carbons (Fsp3) is 0.412. The van der Waals surface area contributed by atoms with Gasteiger partial charge in [0.25, 0.3) is 0 Å². The monoisotopic (exact) mass is 368 g/mol. The molecule has 1 aliphatic carbocycles. The van der Waals surface area contributed by atoms with Crippen LogP contribution in [0.3, 0.4) is 0 Å². The van der Waals surface area contributed by atoms with Crippen LogP contribution in [0.2, 0.25) is 0 Å². The maximum Gasteiger partial charge on any atom is 0.119 e. The number of fused-ring (bicyclic) bond motifs is 1. The average molecular weight is 368 g/mol. The molecule has 2 heteroatoms. The maximum atomic E-state index is 5.33. The fourth-order valence-corrected chi connectivity index (χ4v) is 2.98. The zero-order chi connectivity index (χ0) is 13.8. The summed E-state index contributed by atoms with van der Waals surface area (Å²) in [5, 5.41) is 0. The second kappa shape index (κ2) is 6.60. The number of hydrogen-bond donors (Lipinski definition) is 0. The number of ether oxygens (including phenoxy) is 1. The number of methoxy groups -OCH3 is 1. The summed E-state index contributed by atoms with van der Waals surface area (Å²) < 4.78 is 6.70. The van der Waals surface area contributed by atoms with Gasteiger partial charge >= 0.3 is 0 Å². The maximum absolute atomic E-state index is 5.33. The Kier molecular flexibility index (Phi) is 5.08. The van der Waals surface area contributed by atoms with E-state index >= 15 is 0 Å². The third kappa shape index (κ3) is 3.62. The van der Waals surface area contributed by atoms with E-state index < -0.39 is 0 Å². The van der Waals surface area contributed by atoms with E-state index in [4.69, 9.17) is 4.74 Å². The smallest absolute Gasteiger partial charge is 0.119 e. The Morgan fingerprint density at radius 3 is 2.84 bits per heavy atom. The van der Waals surface area contributed by atoms with Gasteiger partial charge in [0.15, 0.2) is 0 Å². The molecule has 0 N–H and O–H groups in total. The molecule has 0 spiro atoms. The molecule has 0 aromatic heterocycles. The number of allylic oxidation sites excluding steroid dienone is 4. The molecule has 2 rings (SSSR count). The first-order valence-corrected chi connectivity index (χ1v) is 7.88. The van der Waals surface area contributed by atoms with Crippen molar-refractivity contribution in [2.75, 3.05) is 7.11 Å². The highest BCUT2D eigenvalue weighted by Gasteiger charge is 2.16. The van der Waals surface area contributed by atoms with E-state index in [2.05, 4.69) is 60.7 Å². The van der Waals surface area contributed by atoms with Gasteiger partial charge in [0.1, 0.15) is 5.75 Å². The lowest BCUT2D eigenvalue weighted by Crippen LogP contribution is -2.04. The SMILES string of the molecule is COc1ccc2c(c1)CCC(C)=C2CC/C=C(\C)I. The predicted molar refractivity (Wildman–Crippen MR) is 90.9 cm³/mol.